The molecule has 3 rings (SSSR count). The van der Waals surface area contributed by atoms with Crippen LogP contribution in [0.3, 0.4) is 0 Å². The van der Waals surface area contributed by atoms with E-state index in [9.17, 15) is 9.59 Å². The molecule has 1 saturated carbocycles. The van der Waals surface area contributed by atoms with Gasteiger partial charge in [0, 0.05) is 29.5 Å². The van der Waals surface area contributed by atoms with E-state index in [0.29, 0.717) is 5.92 Å². The minimum atomic E-state index is -0.406. The molecule has 1 heterocycles. The van der Waals surface area contributed by atoms with Crippen molar-refractivity contribution in [3.8, 4) is 0 Å². The van der Waals surface area contributed by atoms with Gasteiger partial charge >= 0.3 is 6.09 Å². The zero-order valence-corrected chi connectivity index (χ0v) is 18.3. The van der Waals surface area contributed by atoms with Gasteiger partial charge in [0.25, 0.3) is 0 Å². The maximum Gasteiger partial charge on any atom is 0.407 e. The van der Waals surface area contributed by atoms with Crippen LogP contribution in [0.4, 0.5) is 10.5 Å². The number of benzene rings is 1. The monoisotopic (exact) mass is 431 g/mol. The van der Waals surface area contributed by atoms with E-state index in [1.165, 1.54) is 0 Å². The summed E-state index contributed by atoms with van der Waals surface area (Å²) in [6, 6.07) is 13.2. The standard InChI is InChI=1S/C23H29N3O3.ClH/c1-23(2,26-22(28)29-16-17-6-4-3-5-7-17)19-10-8-18(9-11-19)21(27)25-20-12-14-24-15-13-20;/h3-7,12-15,18-19H,8-11,16H2,1-2H3,(H,26,28)(H,24,25,27);1H/t18-,19-;. The molecule has 2 amide bonds. The fraction of sp³-hybridized carbons (Fsp3) is 0.435. The molecule has 0 unspecified atom stereocenters. The van der Waals surface area contributed by atoms with Crippen LogP contribution in [0.15, 0.2) is 54.9 Å². The number of anilines is 1. The number of pyridine rings is 1. The van der Waals surface area contributed by atoms with Gasteiger partial charge in [-0.05, 0) is 63.1 Å². The van der Waals surface area contributed by atoms with Crippen molar-refractivity contribution in [2.75, 3.05) is 5.32 Å². The van der Waals surface area contributed by atoms with Crippen LogP contribution in [-0.2, 0) is 16.1 Å². The summed E-state index contributed by atoms with van der Waals surface area (Å²) in [6.45, 7) is 4.31. The molecular weight excluding hydrogens is 402 g/mol. The van der Waals surface area contributed by atoms with Crippen molar-refractivity contribution in [3.63, 3.8) is 0 Å². The van der Waals surface area contributed by atoms with Gasteiger partial charge in [0.15, 0.2) is 0 Å². The lowest BCUT2D eigenvalue weighted by Gasteiger charge is -2.39. The van der Waals surface area contributed by atoms with Gasteiger partial charge in [-0.15, -0.1) is 12.4 Å². The van der Waals surface area contributed by atoms with Crippen molar-refractivity contribution >= 4 is 30.1 Å². The van der Waals surface area contributed by atoms with Gasteiger partial charge in [-0.25, -0.2) is 4.79 Å². The van der Waals surface area contributed by atoms with Crippen molar-refractivity contribution < 1.29 is 14.3 Å². The fourth-order valence-corrected chi connectivity index (χ4v) is 3.88. The molecule has 2 aromatic rings. The van der Waals surface area contributed by atoms with Crippen LogP contribution >= 0.6 is 12.4 Å². The second-order valence-electron chi connectivity index (χ2n) is 8.18. The highest BCUT2D eigenvalue weighted by atomic mass is 35.5. The fourth-order valence-electron chi connectivity index (χ4n) is 3.88. The highest BCUT2D eigenvalue weighted by molar-refractivity contribution is 5.92. The van der Waals surface area contributed by atoms with E-state index in [-0.39, 0.29) is 36.4 Å². The lowest BCUT2D eigenvalue weighted by Crippen LogP contribution is -2.50. The lowest BCUT2D eigenvalue weighted by molar-refractivity contribution is -0.121. The van der Waals surface area contributed by atoms with Gasteiger partial charge in [0.1, 0.15) is 6.61 Å². The number of nitrogens with one attached hydrogen (secondary N) is 2. The van der Waals surface area contributed by atoms with Gasteiger partial charge < -0.3 is 15.4 Å². The van der Waals surface area contributed by atoms with E-state index < -0.39 is 6.09 Å². The van der Waals surface area contributed by atoms with E-state index >= 15 is 0 Å². The molecule has 0 aliphatic heterocycles. The number of nitrogens with zero attached hydrogens (tertiary/aromatic N) is 1. The van der Waals surface area contributed by atoms with Gasteiger partial charge in [0.2, 0.25) is 5.91 Å². The summed E-state index contributed by atoms with van der Waals surface area (Å²) in [5.41, 5.74) is 1.34. The second-order valence-corrected chi connectivity index (χ2v) is 8.18. The van der Waals surface area contributed by atoms with E-state index in [1.54, 1.807) is 24.5 Å². The molecule has 30 heavy (non-hydrogen) atoms. The number of hydrogen-bond acceptors (Lipinski definition) is 4. The molecule has 1 aromatic carbocycles. The molecule has 6 nitrogen and oxygen atoms in total. The number of ether oxygens (including phenoxy) is 1. The van der Waals surface area contributed by atoms with Crippen LogP contribution in [0, 0.1) is 11.8 Å². The Bertz CT molecular complexity index is 807. The van der Waals surface area contributed by atoms with Crippen molar-refractivity contribution in [3.05, 3.63) is 60.4 Å². The Balaban J connectivity index is 0.00000320. The minimum absolute atomic E-state index is 0. The number of carbonyl (C=O) groups excluding carboxylic acids is 2. The molecule has 2 N–H and O–H groups in total. The predicted molar refractivity (Wildman–Crippen MR) is 119 cm³/mol. The zero-order chi connectivity index (χ0) is 20.7. The van der Waals surface area contributed by atoms with Crippen molar-refractivity contribution in [1.82, 2.24) is 10.3 Å². The van der Waals surface area contributed by atoms with Crippen molar-refractivity contribution in [1.29, 1.82) is 0 Å². The first-order chi connectivity index (χ1) is 13.9. The van der Waals surface area contributed by atoms with E-state index in [4.69, 9.17) is 4.74 Å². The van der Waals surface area contributed by atoms with Crippen molar-refractivity contribution in [2.45, 2.75) is 51.7 Å². The number of rotatable bonds is 6. The predicted octanol–water partition coefficient (Wildman–Crippen LogP) is 4.95. The maximum absolute atomic E-state index is 12.5. The molecule has 0 atom stereocenters. The molecule has 0 spiro atoms. The number of hydrogen-bond donors (Lipinski definition) is 2. The number of aromatic nitrogens is 1. The summed E-state index contributed by atoms with van der Waals surface area (Å²) in [7, 11) is 0. The number of amides is 2. The van der Waals surface area contributed by atoms with E-state index in [1.807, 2.05) is 44.2 Å². The van der Waals surface area contributed by atoms with Gasteiger partial charge in [0.05, 0.1) is 0 Å². The largest absolute Gasteiger partial charge is 0.445 e. The summed E-state index contributed by atoms with van der Waals surface area (Å²) < 4.78 is 5.36. The van der Waals surface area contributed by atoms with E-state index in [0.717, 1.165) is 36.9 Å². The number of carbonyl (C=O) groups is 2. The SMILES string of the molecule is CC(C)(NC(=O)OCc1ccccc1)[C@H]1CC[C@H](C(=O)Nc2ccncc2)CC1.Cl. The summed E-state index contributed by atoms with van der Waals surface area (Å²) in [5, 5.41) is 5.97. The normalized spacial score (nSPS) is 18.6. The third-order valence-electron chi connectivity index (χ3n) is 5.70. The molecule has 0 saturated heterocycles. The molecule has 0 radical (unpaired) electrons. The summed E-state index contributed by atoms with van der Waals surface area (Å²) >= 11 is 0. The molecule has 1 aliphatic carbocycles. The molecule has 1 aromatic heterocycles. The first-order valence-electron chi connectivity index (χ1n) is 10.1. The smallest absolute Gasteiger partial charge is 0.407 e. The summed E-state index contributed by atoms with van der Waals surface area (Å²) in [4.78, 5) is 28.7. The van der Waals surface area contributed by atoms with E-state index in [2.05, 4.69) is 15.6 Å². The first kappa shape index (κ1) is 23.7. The van der Waals surface area contributed by atoms with Gasteiger partial charge in [-0.1, -0.05) is 30.3 Å². The van der Waals surface area contributed by atoms with Crippen LogP contribution in [0.2, 0.25) is 0 Å². The van der Waals surface area contributed by atoms with Crippen LogP contribution < -0.4 is 10.6 Å². The third kappa shape index (κ3) is 6.73. The van der Waals surface area contributed by atoms with Crippen LogP contribution in [0.5, 0.6) is 0 Å². The Morgan fingerprint density at radius 1 is 1.03 bits per heavy atom. The number of alkyl carbamates (subject to hydrolysis) is 1. The molecular formula is C23H30ClN3O3. The Morgan fingerprint density at radius 2 is 1.67 bits per heavy atom. The third-order valence-corrected chi connectivity index (χ3v) is 5.70. The molecule has 0 bridgehead atoms. The second kappa shape index (κ2) is 11.0. The highest BCUT2D eigenvalue weighted by Gasteiger charge is 2.36. The Morgan fingerprint density at radius 3 is 2.30 bits per heavy atom. The topological polar surface area (TPSA) is 80.3 Å². The maximum atomic E-state index is 12.5. The quantitative estimate of drug-likeness (QED) is 0.677. The Labute approximate surface area is 184 Å². The Kier molecular flexibility index (Phi) is 8.66. The van der Waals surface area contributed by atoms with Crippen LogP contribution in [0.25, 0.3) is 0 Å². The average molecular weight is 432 g/mol. The molecule has 1 fully saturated rings. The van der Waals surface area contributed by atoms with Crippen LogP contribution in [0.1, 0.15) is 45.1 Å². The van der Waals surface area contributed by atoms with Crippen molar-refractivity contribution in [2.24, 2.45) is 11.8 Å². The molecule has 1 aliphatic rings. The summed E-state index contributed by atoms with van der Waals surface area (Å²) in [6.07, 6.45) is 6.32. The average Bonchev–Trinajstić information content (AvgIpc) is 2.73. The van der Waals surface area contributed by atoms with Gasteiger partial charge in [-0.3, -0.25) is 9.78 Å². The molecule has 7 heteroatoms. The lowest BCUT2D eigenvalue weighted by atomic mass is 9.73. The Hall–Kier alpha value is -2.60. The van der Waals surface area contributed by atoms with Gasteiger partial charge in [-0.2, -0.15) is 0 Å². The zero-order valence-electron chi connectivity index (χ0n) is 17.5. The van der Waals surface area contributed by atoms with Crippen LogP contribution in [-0.4, -0.2) is 22.5 Å². The summed E-state index contributed by atoms with van der Waals surface area (Å²) in [5.74, 6) is 0.361. The molecule has 162 valence electrons. The number of halogens is 1. The highest BCUT2D eigenvalue weighted by Crippen LogP contribution is 2.36. The minimum Gasteiger partial charge on any atom is -0.445 e. The first-order valence-corrected chi connectivity index (χ1v) is 10.1.